The Morgan fingerprint density at radius 2 is 1.70 bits per heavy atom. The second-order valence-electron chi connectivity index (χ2n) is 12.1. The number of hydroxylamine groups is 2. The Morgan fingerprint density at radius 3 is 2.47 bits per heavy atom. The molecular formula is C36H42N2O5. The highest BCUT2D eigenvalue weighted by Gasteiger charge is 2.35. The van der Waals surface area contributed by atoms with Crippen molar-refractivity contribution in [1.29, 1.82) is 0 Å². The minimum absolute atomic E-state index is 0.143. The second kappa shape index (κ2) is 14.6. The van der Waals surface area contributed by atoms with E-state index in [-0.39, 0.29) is 18.0 Å². The lowest BCUT2D eigenvalue weighted by molar-refractivity contribution is -0.216. The van der Waals surface area contributed by atoms with Crippen LogP contribution in [0.1, 0.15) is 56.4 Å². The lowest BCUT2D eigenvalue weighted by Gasteiger charge is -2.38. The Bertz CT molecular complexity index is 1450. The summed E-state index contributed by atoms with van der Waals surface area (Å²) in [4.78, 5) is 22.7. The largest absolute Gasteiger partial charge is 0.494 e. The van der Waals surface area contributed by atoms with Gasteiger partial charge in [-0.25, -0.2) is 4.79 Å². The molecule has 1 aliphatic rings. The fourth-order valence-electron chi connectivity index (χ4n) is 5.13. The molecule has 0 spiro atoms. The van der Waals surface area contributed by atoms with Gasteiger partial charge in [-0.3, -0.25) is 4.98 Å². The number of aromatic nitrogens is 1. The topological polar surface area (TPSA) is 70.1 Å². The van der Waals surface area contributed by atoms with Crippen LogP contribution in [0.5, 0.6) is 5.75 Å². The first kappa shape index (κ1) is 30.7. The maximum atomic E-state index is 12.6. The summed E-state index contributed by atoms with van der Waals surface area (Å²) in [7, 11) is 0. The van der Waals surface area contributed by atoms with Gasteiger partial charge in [0.25, 0.3) is 0 Å². The second-order valence-corrected chi connectivity index (χ2v) is 12.1. The Kier molecular flexibility index (Phi) is 10.4. The molecule has 5 rings (SSSR count). The predicted molar refractivity (Wildman–Crippen MR) is 167 cm³/mol. The molecule has 7 nitrogen and oxygen atoms in total. The van der Waals surface area contributed by atoms with Gasteiger partial charge in [-0.2, -0.15) is 0 Å². The van der Waals surface area contributed by atoms with Gasteiger partial charge >= 0.3 is 5.97 Å². The summed E-state index contributed by atoms with van der Waals surface area (Å²) >= 11 is 0. The van der Waals surface area contributed by atoms with Crippen molar-refractivity contribution < 1.29 is 23.8 Å². The normalized spacial score (nSPS) is 17.6. The molecule has 0 bridgehead atoms. The molecule has 0 aliphatic carbocycles. The number of hydrogen-bond acceptors (Lipinski definition) is 7. The van der Waals surface area contributed by atoms with Gasteiger partial charge in [-0.05, 0) is 79.4 Å². The molecule has 0 amide bonds. The Morgan fingerprint density at radius 1 is 0.907 bits per heavy atom. The van der Waals surface area contributed by atoms with Crippen LogP contribution in [0.15, 0.2) is 91.1 Å². The minimum Gasteiger partial charge on any atom is -0.494 e. The van der Waals surface area contributed by atoms with Crippen molar-refractivity contribution in [3.8, 4) is 5.75 Å². The van der Waals surface area contributed by atoms with E-state index < -0.39 is 5.41 Å². The number of pyridine rings is 1. The maximum absolute atomic E-state index is 12.6. The average Bonchev–Trinajstić information content (AvgIpc) is 3.02. The van der Waals surface area contributed by atoms with Crippen molar-refractivity contribution in [3.05, 3.63) is 108 Å². The van der Waals surface area contributed by atoms with E-state index in [1.807, 2.05) is 51.1 Å². The summed E-state index contributed by atoms with van der Waals surface area (Å²) in [5.74, 6) is 0.764. The number of hydrogen-bond donors (Lipinski definition) is 0. The van der Waals surface area contributed by atoms with Crippen LogP contribution in [0.2, 0.25) is 0 Å². The Labute approximate surface area is 254 Å². The number of nitrogens with zero attached hydrogens (tertiary/aromatic N) is 2. The highest BCUT2D eigenvalue weighted by molar-refractivity contribution is 5.82. The molecule has 43 heavy (non-hydrogen) atoms. The number of piperidine rings is 1. The van der Waals surface area contributed by atoms with Gasteiger partial charge in [0.05, 0.1) is 50.2 Å². The zero-order chi connectivity index (χ0) is 30.1. The fourth-order valence-corrected chi connectivity index (χ4v) is 5.13. The van der Waals surface area contributed by atoms with Gasteiger partial charge in [0, 0.05) is 25.1 Å². The van der Waals surface area contributed by atoms with E-state index in [1.54, 1.807) is 11.3 Å². The first-order valence-corrected chi connectivity index (χ1v) is 15.1. The molecule has 7 heteroatoms. The van der Waals surface area contributed by atoms with Crippen molar-refractivity contribution in [1.82, 2.24) is 10.0 Å². The number of fused-ring (bicyclic) bond motifs is 1. The summed E-state index contributed by atoms with van der Waals surface area (Å²) in [6, 6.07) is 28.9. The number of carbonyl (C=O) groups is 1. The molecular weight excluding hydrogens is 540 g/mol. The molecule has 2 heterocycles. The average molecular weight is 583 g/mol. The number of benzene rings is 3. The van der Waals surface area contributed by atoms with Crippen LogP contribution in [0, 0.1) is 5.41 Å². The lowest BCUT2D eigenvalue weighted by atomic mass is 9.87. The number of ether oxygens (including phenoxy) is 3. The molecule has 1 fully saturated rings. The van der Waals surface area contributed by atoms with Gasteiger partial charge in [-0.1, -0.05) is 54.6 Å². The highest BCUT2D eigenvalue weighted by Crippen LogP contribution is 2.33. The molecule has 0 radical (unpaired) electrons. The smallest absolute Gasteiger partial charge is 0.330 e. The van der Waals surface area contributed by atoms with E-state index >= 15 is 0 Å². The van der Waals surface area contributed by atoms with E-state index in [4.69, 9.17) is 19.0 Å². The van der Waals surface area contributed by atoms with E-state index in [0.717, 1.165) is 29.8 Å². The van der Waals surface area contributed by atoms with Crippen LogP contribution in [0.25, 0.3) is 10.8 Å². The zero-order valence-electron chi connectivity index (χ0n) is 25.4. The van der Waals surface area contributed by atoms with Crippen molar-refractivity contribution in [3.63, 3.8) is 0 Å². The van der Waals surface area contributed by atoms with Crippen LogP contribution in [-0.2, 0) is 32.3 Å². The van der Waals surface area contributed by atoms with Gasteiger partial charge < -0.3 is 19.0 Å². The third-order valence-corrected chi connectivity index (χ3v) is 7.61. The van der Waals surface area contributed by atoms with E-state index in [1.165, 1.54) is 16.3 Å². The van der Waals surface area contributed by atoms with Crippen molar-refractivity contribution in [2.24, 2.45) is 5.41 Å². The molecule has 0 saturated carbocycles. The minimum atomic E-state index is -0.570. The van der Waals surface area contributed by atoms with Gasteiger partial charge in [0.2, 0.25) is 0 Å². The van der Waals surface area contributed by atoms with Crippen LogP contribution in [0.3, 0.4) is 0 Å². The molecule has 1 aliphatic heterocycles. The molecule has 4 aromatic rings. The van der Waals surface area contributed by atoms with Crippen LogP contribution >= 0.6 is 0 Å². The van der Waals surface area contributed by atoms with E-state index in [0.29, 0.717) is 39.5 Å². The molecule has 0 N–H and O–H groups in total. The maximum Gasteiger partial charge on any atom is 0.330 e. The van der Waals surface area contributed by atoms with Crippen molar-refractivity contribution >= 4 is 16.7 Å². The van der Waals surface area contributed by atoms with E-state index in [9.17, 15) is 4.79 Å². The van der Waals surface area contributed by atoms with Crippen molar-refractivity contribution in [2.45, 2.75) is 58.8 Å². The molecule has 2 atom stereocenters. The Hall–Kier alpha value is -3.78. The standard InChI is InChI=1S/C36H42N2O5/c1-36(2,3)35(39)43-38-20-18-33(34(24-38)42-25-27-12-13-28-9-4-5-10-30(28)23-27)29-14-16-32(17-15-29)41-22-8-21-40-26-31-11-6-7-19-37-31/h4-7,9-17,19,23,33-34H,8,18,20-22,24-26H2,1-3H3. The zero-order valence-corrected chi connectivity index (χ0v) is 25.4. The third kappa shape index (κ3) is 8.86. The van der Waals surface area contributed by atoms with Crippen LogP contribution in [-0.4, -0.2) is 48.4 Å². The van der Waals surface area contributed by atoms with Crippen molar-refractivity contribution in [2.75, 3.05) is 26.3 Å². The quantitative estimate of drug-likeness (QED) is 0.165. The first-order valence-electron chi connectivity index (χ1n) is 15.1. The molecule has 1 saturated heterocycles. The fraction of sp³-hybridized carbons (Fsp3) is 0.389. The summed E-state index contributed by atoms with van der Waals surface area (Å²) in [6.07, 6.45) is 3.24. The molecule has 1 aromatic heterocycles. The van der Waals surface area contributed by atoms with Gasteiger partial charge in [0.15, 0.2) is 0 Å². The van der Waals surface area contributed by atoms with Gasteiger partial charge in [0.1, 0.15) is 5.75 Å². The van der Waals surface area contributed by atoms with Gasteiger partial charge in [-0.15, -0.1) is 5.06 Å². The summed E-state index contributed by atoms with van der Waals surface area (Å²) in [6.45, 7) is 8.96. The van der Waals surface area contributed by atoms with E-state index in [2.05, 4.69) is 59.6 Å². The third-order valence-electron chi connectivity index (χ3n) is 7.61. The number of carbonyl (C=O) groups excluding carboxylic acids is 1. The van der Waals surface area contributed by atoms with Crippen LogP contribution in [0.4, 0.5) is 0 Å². The SMILES string of the molecule is CC(C)(C)C(=O)ON1CCC(c2ccc(OCCCOCc3ccccn3)cc2)C(OCc2ccc3ccccc3c2)C1. The first-order chi connectivity index (χ1) is 20.8. The highest BCUT2D eigenvalue weighted by atomic mass is 16.7. The Balaban J connectivity index is 1.17. The molecule has 226 valence electrons. The molecule has 2 unspecified atom stereocenters. The molecule has 3 aromatic carbocycles. The summed E-state index contributed by atoms with van der Waals surface area (Å²) in [5, 5.41) is 4.17. The monoisotopic (exact) mass is 582 g/mol. The number of rotatable bonds is 12. The van der Waals surface area contributed by atoms with Crippen LogP contribution < -0.4 is 4.74 Å². The summed E-state index contributed by atoms with van der Waals surface area (Å²) in [5.41, 5.74) is 2.67. The predicted octanol–water partition coefficient (Wildman–Crippen LogP) is 7.10. The summed E-state index contributed by atoms with van der Waals surface area (Å²) < 4.78 is 18.2. The lowest BCUT2D eigenvalue weighted by Crippen LogP contribution is -2.46.